The third-order valence-electron chi connectivity index (χ3n) is 2.04. The molecule has 0 aliphatic carbocycles. The quantitative estimate of drug-likeness (QED) is 0.861. The number of aromatic carboxylic acids is 1. The Morgan fingerprint density at radius 1 is 1.53 bits per heavy atom. The molecule has 17 heavy (non-hydrogen) atoms. The van der Waals surface area contributed by atoms with Crippen molar-refractivity contribution < 1.29 is 14.3 Å². The Labute approximate surface area is 106 Å². The lowest BCUT2D eigenvalue weighted by Crippen LogP contribution is -1.94. The Bertz CT molecular complexity index is 547. The van der Waals surface area contributed by atoms with E-state index in [0.29, 0.717) is 17.3 Å². The summed E-state index contributed by atoms with van der Waals surface area (Å²) in [5.41, 5.74) is 0.217. The van der Waals surface area contributed by atoms with E-state index in [-0.39, 0.29) is 5.56 Å². The van der Waals surface area contributed by atoms with Gasteiger partial charge in [-0.25, -0.2) is 4.79 Å². The van der Waals surface area contributed by atoms with Gasteiger partial charge in [0.15, 0.2) is 4.34 Å². The van der Waals surface area contributed by atoms with Crippen molar-refractivity contribution in [1.29, 1.82) is 0 Å². The van der Waals surface area contributed by atoms with Gasteiger partial charge in [0.2, 0.25) is 0 Å². The average molecular weight is 270 g/mol. The molecule has 0 radical (unpaired) electrons. The number of nitrogens with zero attached hydrogens (tertiary/aromatic N) is 2. The lowest BCUT2D eigenvalue weighted by molar-refractivity contribution is 0.0695. The van der Waals surface area contributed by atoms with Crippen LogP contribution in [0.1, 0.15) is 26.9 Å². The molecule has 1 N–H and O–H groups in total. The first-order chi connectivity index (χ1) is 8.06. The molecule has 7 heteroatoms. The van der Waals surface area contributed by atoms with E-state index in [4.69, 9.17) is 9.52 Å². The van der Waals surface area contributed by atoms with E-state index in [9.17, 15) is 4.79 Å². The number of carboxylic acid groups (broad SMARTS) is 1. The van der Waals surface area contributed by atoms with Gasteiger partial charge in [0.25, 0.3) is 0 Å². The number of furan rings is 1. The van der Waals surface area contributed by atoms with Crippen molar-refractivity contribution in [3.63, 3.8) is 0 Å². The molecule has 0 saturated heterocycles. The third-order valence-corrected chi connectivity index (χ3v) is 4.04. The molecular weight excluding hydrogens is 260 g/mol. The number of carboxylic acids is 1. The molecule has 2 heterocycles. The zero-order chi connectivity index (χ0) is 12.4. The van der Waals surface area contributed by atoms with Gasteiger partial charge in [-0.3, -0.25) is 0 Å². The fraction of sp³-hybridized carbons (Fsp3) is 0.300. The highest BCUT2D eigenvalue weighted by Crippen LogP contribution is 2.27. The number of hydrogen-bond acceptors (Lipinski definition) is 6. The van der Waals surface area contributed by atoms with Gasteiger partial charge in [0.1, 0.15) is 22.1 Å². The summed E-state index contributed by atoms with van der Waals surface area (Å²) in [5, 5.41) is 17.7. The third kappa shape index (κ3) is 2.86. The van der Waals surface area contributed by atoms with Crippen LogP contribution in [-0.2, 0) is 5.75 Å². The van der Waals surface area contributed by atoms with Crippen molar-refractivity contribution in [2.45, 2.75) is 23.9 Å². The second kappa shape index (κ2) is 4.89. The molecular formula is C10H10N2O3S2. The summed E-state index contributed by atoms with van der Waals surface area (Å²) in [6.45, 7) is 3.54. The van der Waals surface area contributed by atoms with E-state index in [1.54, 1.807) is 13.0 Å². The van der Waals surface area contributed by atoms with Crippen LogP contribution in [0.5, 0.6) is 0 Å². The monoisotopic (exact) mass is 270 g/mol. The van der Waals surface area contributed by atoms with Gasteiger partial charge >= 0.3 is 5.97 Å². The molecule has 0 bridgehead atoms. The highest BCUT2D eigenvalue weighted by molar-refractivity contribution is 8.00. The zero-order valence-corrected chi connectivity index (χ0v) is 10.9. The van der Waals surface area contributed by atoms with Crippen molar-refractivity contribution >= 4 is 29.1 Å². The predicted molar refractivity (Wildman–Crippen MR) is 64.6 cm³/mol. The van der Waals surface area contributed by atoms with Gasteiger partial charge in [-0.05, 0) is 19.9 Å². The Kier molecular flexibility index (Phi) is 3.49. The summed E-state index contributed by atoms with van der Waals surface area (Å²) >= 11 is 2.99. The number of aromatic nitrogens is 2. The number of carbonyl (C=O) groups is 1. The smallest absolute Gasteiger partial charge is 0.339 e. The van der Waals surface area contributed by atoms with E-state index in [1.807, 2.05) is 6.92 Å². The summed E-state index contributed by atoms with van der Waals surface area (Å²) in [6.07, 6.45) is 0. The lowest BCUT2D eigenvalue weighted by Gasteiger charge is -1.91. The Hall–Kier alpha value is -1.34. The van der Waals surface area contributed by atoms with Crippen LogP contribution in [-0.4, -0.2) is 21.3 Å². The standard InChI is InChI=1S/C10H10N2O3S2/c1-5-8(9(13)14)3-7(15-5)4-16-10-12-11-6(2)17-10/h3H,4H2,1-2H3,(H,13,14). The van der Waals surface area contributed by atoms with Crippen molar-refractivity contribution in [3.8, 4) is 0 Å². The summed E-state index contributed by atoms with van der Waals surface area (Å²) in [7, 11) is 0. The van der Waals surface area contributed by atoms with Crippen LogP contribution >= 0.6 is 23.1 Å². The second-order valence-corrected chi connectivity index (χ2v) is 5.77. The maximum Gasteiger partial charge on any atom is 0.339 e. The fourth-order valence-electron chi connectivity index (χ4n) is 1.30. The van der Waals surface area contributed by atoms with Crippen LogP contribution < -0.4 is 0 Å². The number of rotatable bonds is 4. The normalized spacial score (nSPS) is 10.7. The lowest BCUT2D eigenvalue weighted by atomic mass is 10.2. The van der Waals surface area contributed by atoms with Gasteiger partial charge < -0.3 is 9.52 Å². The Balaban J connectivity index is 2.04. The van der Waals surface area contributed by atoms with E-state index >= 15 is 0 Å². The van der Waals surface area contributed by atoms with Gasteiger partial charge in [0, 0.05) is 0 Å². The molecule has 5 nitrogen and oxygen atoms in total. The summed E-state index contributed by atoms with van der Waals surface area (Å²) in [6, 6.07) is 1.55. The van der Waals surface area contributed by atoms with Crippen LogP contribution in [0.2, 0.25) is 0 Å². The van der Waals surface area contributed by atoms with Crippen LogP contribution in [0.3, 0.4) is 0 Å². The van der Waals surface area contributed by atoms with E-state index in [0.717, 1.165) is 9.35 Å². The minimum atomic E-state index is -0.964. The van der Waals surface area contributed by atoms with E-state index in [1.165, 1.54) is 23.1 Å². The Morgan fingerprint density at radius 3 is 2.82 bits per heavy atom. The largest absolute Gasteiger partial charge is 0.478 e. The first-order valence-corrected chi connectivity index (χ1v) is 6.62. The highest BCUT2D eigenvalue weighted by Gasteiger charge is 2.14. The van der Waals surface area contributed by atoms with Crippen LogP contribution in [0.25, 0.3) is 0 Å². The first-order valence-electron chi connectivity index (χ1n) is 4.82. The highest BCUT2D eigenvalue weighted by atomic mass is 32.2. The molecule has 0 atom stereocenters. The van der Waals surface area contributed by atoms with Gasteiger partial charge in [-0.2, -0.15) is 0 Å². The summed E-state index contributed by atoms with van der Waals surface area (Å²) < 4.78 is 6.21. The fourth-order valence-corrected chi connectivity index (χ4v) is 2.99. The molecule has 0 aliphatic heterocycles. The summed E-state index contributed by atoms with van der Waals surface area (Å²) in [5.74, 6) is 0.663. The molecule has 0 fully saturated rings. The van der Waals surface area contributed by atoms with Crippen LogP contribution in [0.15, 0.2) is 14.8 Å². The van der Waals surface area contributed by atoms with Gasteiger partial charge in [-0.15, -0.1) is 10.2 Å². The predicted octanol–water partition coefficient (Wildman–Crippen LogP) is 2.74. The number of aryl methyl sites for hydroxylation is 2. The molecule has 0 aliphatic rings. The topological polar surface area (TPSA) is 76.2 Å². The van der Waals surface area contributed by atoms with Crippen LogP contribution in [0, 0.1) is 13.8 Å². The molecule has 0 spiro atoms. The second-order valence-electron chi connectivity index (χ2n) is 3.36. The number of hydrogen-bond donors (Lipinski definition) is 1. The minimum absolute atomic E-state index is 0.217. The van der Waals surface area contributed by atoms with Crippen molar-refractivity contribution in [2.75, 3.05) is 0 Å². The molecule has 0 amide bonds. The van der Waals surface area contributed by atoms with Crippen molar-refractivity contribution in [2.24, 2.45) is 0 Å². The number of thioether (sulfide) groups is 1. The molecule has 2 aromatic rings. The zero-order valence-electron chi connectivity index (χ0n) is 9.26. The summed E-state index contributed by atoms with van der Waals surface area (Å²) in [4.78, 5) is 10.8. The van der Waals surface area contributed by atoms with Crippen molar-refractivity contribution in [3.05, 3.63) is 28.2 Å². The minimum Gasteiger partial charge on any atom is -0.478 e. The Morgan fingerprint density at radius 2 is 2.29 bits per heavy atom. The van der Waals surface area contributed by atoms with Crippen molar-refractivity contribution in [1.82, 2.24) is 10.2 Å². The van der Waals surface area contributed by atoms with E-state index < -0.39 is 5.97 Å². The molecule has 0 unspecified atom stereocenters. The molecule has 0 saturated carbocycles. The first kappa shape index (κ1) is 12.1. The van der Waals surface area contributed by atoms with Gasteiger partial charge in [0.05, 0.1) is 5.75 Å². The SMILES string of the molecule is Cc1nnc(SCc2cc(C(=O)O)c(C)o2)s1. The maximum absolute atomic E-state index is 10.8. The molecule has 0 aromatic carbocycles. The average Bonchev–Trinajstić information content (AvgIpc) is 2.82. The molecule has 2 rings (SSSR count). The van der Waals surface area contributed by atoms with Crippen LogP contribution in [0.4, 0.5) is 0 Å². The van der Waals surface area contributed by atoms with E-state index in [2.05, 4.69) is 10.2 Å². The maximum atomic E-state index is 10.8. The molecule has 2 aromatic heterocycles. The van der Waals surface area contributed by atoms with Gasteiger partial charge in [-0.1, -0.05) is 23.1 Å². The molecule has 90 valence electrons.